The van der Waals surface area contributed by atoms with Gasteiger partial charge in [0.2, 0.25) is 0 Å². The molecule has 0 heterocycles. The topological polar surface area (TPSA) is 72.8 Å². The zero-order valence-corrected chi connectivity index (χ0v) is 20.5. The van der Waals surface area contributed by atoms with Crippen LogP contribution < -0.4 is 4.74 Å². The normalized spacial score (nSPS) is 12.2. The first-order chi connectivity index (χ1) is 14.6. The number of carbonyl (C=O) groups is 2. The van der Waals surface area contributed by atoms with Crippen molar-refractivity contribution in [3.05, 3.63) is 63.7 Å². The molecule has 172 valence electrons. The van der Waals surface area contributed by atoms with Crippen LogP contribution in [0.25, 0.3) is 6.08 Å². The Labute approximate surface area is 191 Å². The van der Waals surface area contributed by atoms with Gasteiger partial charge in [0.25, 0.3) is 0 Å². The maximum atomic E-state index is 12.6. The van der Waals surface area contributed by atoms with Crippen molar-refractivity contribution in [2.24, 2.45) is 0 Å². The molecule has 0 amide bonds. The number of ether oxygens (including phenoxy) is 2. The molecule has 5 heteroatoms. The third kappa shape index (κ3) is 6.22. The largest absolute Gasteiger partial charge is 0.507 e. The van der Waals surface area contributed by atoms with Gasteiger partial charge < -0.3 is 14.6 Å². The minimum absolute atomic E-state index is 0.141. The van der Waals surface area contributed by atoms with E-state index in [2.05, 4.69) is 0 Å². The fourth-order valence-electron chi connectivity index (χ4n) is 3.31. The van der Waals surface area contributed by atoms with Crippen molar-refractivity contribution in [2.45, 2.75) is 73.5 Å². The molecule has 0 aliphatic carbocycles. The lowest BCUT2D eigenvalue weighted by molar-refractivity contribution is -0.171. The lowest BCUT2D eigenvalue weighted by Gasteiger charge is -2.30. The van der Waals surface area contributed by atoms with Crippen LogP contribution in [0.4, 0.5) is 0 Å². The first-order valence-corrected chi connectivity index (χ1v) is 10.7. The molecule has 2 rings (SSSR count). The third-order valence-corrected chi connectivity index (χ3v) is 4.93. The SMILES string of the molecule is Cc1cc(C(=O)C=Cc2cc(C)c(OC(C)(C)C(=O)OC(C)(C)C)c(C)c2)cc(C)c1O. The van der Waals surface area contributed by atoms with Crippen molar-refractivity contribution in [3.63, 3.8) is 0 Å². The average molecular weight is 439 g/mol. The van der Waals surface area contributed by atoms with Gasteiger partial charge in [-0.1, -0.05) is 6.08 Å². The Bertz CT molecular complexity index is 1020. The van der Waals surface area contributed by atoms with Crippen LogP contribution in [0, 0.1) is 27.7 Å². The Kier molecular flexibility index (Phi) is 7.23. The predicted molar refractivity (Wildman–Crippen MR) is 127 cm³/mol. The molecule has 0 saturated heterocycles. The van der Waals surface area contributed by atoms with Crippen molar-refractivity contribution in [3.8, 4) is 11.5 Å². The van der Waals surface area contributed by atoms with Gasteiger partial charge in [-0.15, -0.1) is 0 Å². The van der Waals surface area contributed by atoms with Gasteiger partial charge >= 0.3 is 5.97 Å². The predicted octanol–water partition coefficient (Wildman–Crippen LogP) is 6.02. The number of hydrogen-bond acceptors (Lipinski definition) is 5. The van der Waals surface area contributed by atoms with Gasteiger partial charge in [0.1, 0.15) is 17.1 Å². The summed E-state index contributed by atoms with van der Waals surface area (Å²) >= 11 is 0. The van der Waals surface area contributed by atoms with Crippen molar-refractivity contribution in [1.29, 1.82) is 0 Å². The minimum Gasteiger partial charge on any atom is -0.507 e. The summed E-state index contributed by atoms with van der Waals surface area (Å²) in [5.74, 6) is 0.256. The molecule has 0 aromatic heterocycles. The Morgan fingerprint density at radius 2 is 1.34 bits per heavy atom. The Balaban J connectivity index is 2.24. The minimum atomic E-state index is -1.15. The molecule has 1 N–H and O–H groups in total. The highest BCUT2D eigenvalue weighted by atomic mass is 16.6. The first kappa shape index (κ1) is 25.2. The number of rotatable bonds is 6. The highest BCUT2D eigenvalue weighted by Gasteiger charge is 2.35. The average Bonchev–Trinajstić information content (AvgIpc) is 2.65. The van der Waals surface area contributed by atoms with E-state index in [0.717, 1.165) is 16.7 Å². The van der Waals surface area contributed by atoms with Gasteiger partial charge in [-0.05, 0) is 120 Å². The summed E-state index contributed by atoms with van der Waals surface area (Å²) in [6, 6.07) is 7.18. The fourth-order valence-corrected chi connectivity index (χ4v) is 3.31. The number of esters is 1. The van der Waals surface area contributed by atoms with Gasteiger partial charge in [-0.2, -0.15) is 0 Å². The number of ketones is 1. The molecular formula is C27H34O5. The smallest absolute Gasteiger partial charge is 0.350 e. The molecule has 5 nitrogen and oxygen atoms in total. The van der Waals surface area contributed by atoms with Gasteiger partial charge in [0, 0.05) is 5.56 Å². The molecule has 0 unspecified atom stereocenters. The van der Waals surface area contributed by atoms with Crippen molar-refractivity contribution in [1.82, 2.24) is 0 Å². The van der Waals surface area contributed by atoms with E-state index in [1.54, 1.807) is 45.9 Å². The number of phenolic OH excluding ortho intramolecular Hbond substituents is 1. The monoisotopic (exact) mass is 438 g/mol. The van der Waals surface area contributed by atoms with E-state index < -0.39 is 17.2 Å². The summed E-state index contributed by atoms with van der Waals surface area (Å²) in [6.45, 7) is 16.2. The Morgan fingerprint density at radius 1 is 0.844 bits per heavy atom. The number of hydrogen-bond donors (Lipinski definition) is 1. The standard InChI is InChI=1S/C27H34O5/c1-16-14-21(15-17(2)23(16)29)22(28)11-10-20-12-18(3)24(19(4)13-20)31-27(8,9)25(30)32-26(5,6)7/h10-15,29H,1-9H3. The molecule has 0 aliphatic rings. The molecule has 32 heavy (non-hydrogen) atoms. The third-order valence-electron chi connectivity index (χ3n) is 4.93. The second-order valence-electron chi connectivity index (χ2n) is 9.75. The molecule has 2 aromatic carbocycles. The molecule has 0 aliphatic heterocycles. The first-order valence-electron chi connectivity index (χ1n) is 10.7. The van der Waals surface area contributed by atoms with E-state index in [9.17, 15) is 14.7 Å². The van der Waals surface area contributed by atoms with Gasteiger partial charge in [-0.3, -0.25) is 4.79 Å². The summed E-state index contributed by atoms with van der Waals surface area (Å²) < 4.78 is 11.6. The summed E-state index contributed by atoms with van der Waals surface area (Å²) in [5, 5.41) is 9.91. The molecule has 0 atom stereocenters. The Morgan fingerprint density at radius 3 is 1.81 bits per heavy atom. The van der Waals surface area contributed by atoms with E-state index in [-0.39, 0.29) is 11.5 Å². The molecular weight excluding hydrogens is 404 g/mol. The molecule has 0 radical (unpaired) electrons. The number of benzene rings is 2. The van der Waals surface area contributed by atoms with Crippen LogP contribution in [0.2, 0.25) is 0 Å². The quantitative estimate of drug-likeness (QED) is 0.339. The summed E-state index contributed by atoms with van der Waals surface area (Å²) in [6.07, 6.45) is 3.27. The number of phenols is 1. The lowest BCUT2D eigenvalue weighted by Crippen LogP contribution is -2.43. The highest BCUT2D eigenvalue weighted by molar-refractivity contribution is 6.07. The van der Waals surface area contributed by atoms with Crippen LogP contribution in [0.15, 0.2) is 30.3 Å². The Hall–Kier alpha value is -3.08. The van der Waals surface area contributed by atoms with Crippen LogP contribution in [-0.4, -0.2) is 28.1 Å². The number of aromatic hydroxyl groups is 1. The molecule has 0 spiro atoms. The summed E-state index contributed by atoms with van der Waals surface area (Å²) in [5.41, 5.74) is 2.67. The molecule has 0 saturated carbocycles. The van der Waals surface area contributed by atoms with Gasteiger partial charge in [0.05, 0.1) is 0 Å². The van der Waals surface area contributed by atoms with E-state index in [0.29, 0.717) is 22.4 Å². The number of carbonyl (C=O) groups excluding carboxylic acids is 2. The van der Waals surface area contributed by atoms with Gasteiger partial charge in [0.15, 0.2) is 11.4 Å². The van der Waals surface area contributed by atoms with Crippen LogP contribution >= 0.6 is 0 Å². The zero-order chi connectivity index (χ0) is 24.4. The lowest BCUT2D eigenvalue weighted by atomic mass is 10.0. The molecule has 0 bridgehead atoms. The van der Waals surface area contributed by atoms with Crippen LogP contribution in [0.3, 0.4) is 0 Å². The fraction of sp³-hybridized carbons (Fsp3) is 0.407. The molecule has 2 aromatic rings. The van der Waals surface area contributed by atoms with Crippen molar-refractivity contribution < 1.29 is 24.2 Å². The molecule has 0 fully saturated rings. The van der Waals surface area contributed by atoms with Crippen molar-refractivity contribution >= 4 is 17.8 Å². The zero-order valence-electron chi connectivity index (χ0n) is 20.5. The number of allylic oxidation sites excluding steroid dienone is 1. The number of aryl methyl sites for hydroxylation is 4. The summed E-state index contributed by atoms with van der Waals surface area (Å²) in [7, 11) is 0. The van der Waals surface area contributed by atoms with E-state index in [1.807, 2.05) is 46.8 Å². The van der Waals surface area contributed by atoms with Crippen LogP contribution in [0.1, 0.15) is 72.8 Å². The van der Waals surface area contributed by atoms with Crippen LogP contribution in [-0.2, 0) is 9.53 Å². The second kappa shape index (κ2) is 9.19. The summed E-state index contributed by atoms with van der Waals surface area (Å²) in [4.78, 5) is 25.1. The van der Waals surface area contributed by atoms with Crippen molar-refractivity contribution in [2.75, 3.05) is 0 Å². The maximum absolute atomic E-state index is 12.6. The van der Waals surface area contributed by atoms with Gasteiger partial charge in [-0.25, -0.2) is 4.79 Å². The van der Waals surface area contributed by atoms with E-state index in [4.69, 9.17) is 9.47 Å². The van der Waals surface area contributed by atoms with E-state index in [1.165, 1.54) is 6.08 Å². The van der Waals surface area contributed by atoms with Crippen LogP contribution in [0.5, 0.6) is 11.5 Å². The second-order valence-corrected chi connectivity index (χ2v) is 9.75. The van der Waals surface area contributed by atoms with E-state index >= 15 is 0 Å². The highest BCUT2D eigenvalue weighted by Crippen LogP contribution is 2.30. The maximum Gasteiger partial charge on any atom is 0.350 e.